The molecule has 1 aromatic carbocycles. The monoisotopic (exact) mass is 356 g/mol. The van der Waals surface area contributed by atoms with Gasteiger partial charge in [-0.3, -0.25) is 0 Å². The van der Waals surface area contributed by atoms with Crippen LogP contribution in [0.3, 0.4) is 0 Å². The lowest BCUT2D eigenvalue weighted by molar-refractivity contribution is 0.0622. The highest BCUT2D eigenvalue weighted by Gasteiger charge is 2.25. The van der Waals surface area contributed by atoms with E-state index in [1.807, 2.05) is 26.0 Å². The molecule has 5 heteroatoms. The normalized spacial score (nSPS) is 15.5. The van der Waals surface area contributed by atoms with Crippen LogP contribution in [0.15, 0.2) is 30.3 Å². The minimum Gasteiger partial charge on any atom is -0.488 e. The number of carbonyl (C=O) groups excluding carboxylic acids is 1. The van der Waals surface area contributed by atoms with Gasteiger partial charge in [0.05, 0.1) is 6.61 Å². The second-order valence-electron chi connectivity index (χ2n) is 7.26. The highest BCUT2D eigenvalue weighted by atomic mass is 16.6. The summed E-state index contributed by atoms with van der Waals surface area (Å²) in [4.78, 5) is 18.6. The second-order valence-corrected chi connectivity index (χ2v) is 7.26. The van der Waals surface area contributed by atoms with Crippen LogP contribution in [0.5, 0.6) is 5.75 Å². The number of fused-ring (bicyclic) bond motifs is 1. The zero-order valence-corrected chi connectivity index (χ0v) is 15.9. The van der Waals surface area contributed by atoms with Crippen LogP contribution in [0.1, 0.15) is 39.3 Å². The number of aromatic nitrogens is 1. The maximum atomic E-state index is 12.1. The van der Waals surface area contributed by atoms with Crippen molar-refractivity contribution in [1.82, 2.24) is 9.88 Å². The topological polar surface area (TPSA) is 51.7 Å². The fraction of sp³-hybridized carbons (Fsp3) is 0.524. The van der Waals surface area contributed by atoms with E-state index in [0.29, 0.717) is 25.6 Å². The number of rotatable bonds is 5. The van der Waals surface area contributed by atoms with Crippen molar-refractivity contribution in [3.8, 4) is 5.75 Å². The molecule has 1 fully saturated rings. The van der Waals surface area contributed by atoms with E-state index in [2.05, 4.69) is 25.1 Å². The number of aryl methyl sites for hydroxylation is 1. The number of hydrogen-bond donors (Lipinski definition) is 0. The Hall–Kier alpha value is -2.30. The van der Waals surface area contributed by atoms with Gasteiger partial charge in [-0.1, -0.05) is 39.0 Å². The lowest BCUT2D eigenvalue weighted by Crippen LogP contribution is -2.42. The average molecular weight is 356 g/mol. The number of pyridine rings is 1. The first-order valence-electron chi connectivity index (χ1n) is 9.53. The van der Waals surface area contributed by atoms with Crippen molar-refractivity contribution >= 4 is 17.0 Å². The molecule has 1 amide bonds. The van der Waals surface area contributed by atoms with Gasteiger partial charge in [-0.15, -0.1) is 0 Å². The van der Waals surface area contributed by atoms with Crippen LogP contribution < -0.4 is 4.74 Å². The summed E-state index contributed by atoms with van der Waals surface area (Å²) in [5.41, 5.74) is 1.99. The Morgan fingerprint density at radius 1 is 1.23 bits per heavy atom. The molecule has 0 aliphatic carbocycles. The number of hydrogen-bond acceptors (Lipinski definition) is 4. The molecule has 5 nitrogen and oxygen atoms in total. The fourth-order valence-electron chi connectivity index (χ4n) is 3.12. The molecule has 0 radical (unpaired) electrons. The third-order valence-corrected chi connectivity index (χ3v) is 4.64. The molecule has 0 bridgehead atoms. The molecule has 0 saturated carbocycles. The molecule has 3 rings (SSSR count). The predicted molar refractivity (Wildman–Crippen MR) is 103 cm³/mol. The standard InChI is InChI=1S/C21H28N2O3/c1-4-17-9-8-16-6-5-7-19(20(16)22-17)26-18-10-12-23(13-11-18)21(24)25-14-15(2)3/h5-9,15,18H,4,10-14H2,1-3H3. The Morgan fingerprint density at radius 3 is 2.69 bits per heavy atom. The molecule has 1 aliphatic heterocycles. The summed E-state index contributed by atoms with van der Waals surface area (Å²) in [6.07, 6.45) is 2.40. The number of carbonyl (C=O) groups is 1. The number of likely N-dealkylation sites (tertiary alicyclic amines) is 1. The summed E-state index contributed by atoms with van der Waals surface area (Å²) in [6, 6.07) is 10.2. The van der Waals surface area contributed by atoms with Crippen molar-refractivity contribution in [1.29, 1.82) is 0 Å². The number of nitrogens with zero attached hydrogens (tertiary/aromatic N) is 2. The van der Waals surface area contributed by atoms with Crippen LogP contribution in [-0.4, -0.2) is 41.8 Å². The largest absolute Gasteiger partial charge is 0.488 e. The van der Waals surface area contributed by atoms with Crippen LogP contribution in [0.25, 0.3) is 10.9 Å². The van der Waals surface area contributed by atoms with E-state index < -0.39 is 0 Å². The average Bonchev–Trinajstić information content (AvgIpc) is 2.66. The molecular formula is C21H28N2O3. The molecule has 0 N–H and O–H groups in total. The molecule has 1 aromatic heterocycles. The zero-order valence-electron chi connectivity index (χ0n) is 15.9. The number of ether oxygens (including phenoxy) is 2. The lowest BCUT2D eigenvalue weighted by Gasteiger charge is -2.31. The van der Waals surface area contributed by atoms with Gasteiger partial charge in [-0.2, -0.15) is 0 Å². The third-order valence-electron chi connectivity index (χ3n) is 4.64. The number of piperidine rings is 1. The molecular weight excluding hydrogens is 328 g/mol. The summed E-state index contributed by atoms with van der Waals surface area (Å²) in [5.74, 6) is 1.19. The van der Waals surface area contributed by atoms with Crippen LogP contribution >= 0.6 is 0 Å². The molecule has 0 atom stereocenters. The van der Waals surface area contributed by atoms with Crippen LogP contribution in [0.4, 0.5) is 4.79 Å². The van der Waals surface area contributed by atoms with E-state index in [4.69, 9.17) is 14.5 Å². The van der Waals surface area contributed by atoms with Gasteiger partial charge in [0.2, 0.25) is 0 Å². The van der Waals surface area contributed by atoms with E-state index in [1.54, 1.807) is 4.90 Å². The van der Waals surface area contributed by atoms with Gasteiger partial charge in [0.1, 0.15) is 17.4 Å². The SMILES string of the molecule is CCc1ccc2cccc(OC3CCN(C(=O)OCC(C)C)CC3)c2n1. The maximum Gasteiger partial charge on any atom is 0.409 e. The Morgan fingerprint density at radius 2 is 2.00 bits per heavy atom. The van der Waals surface area contributed by atoms with E-state index in [9.17, 15) is 4.79 Å². The molecule has 140 valence electrons. The fourth-order valence-corrected chi connectivity index (χ4v) is 3.12. The molecule has 2 aromatic rings. The molecule has 26 heavy (non-hydrogen) atoms. The molecule has 1 aliphatic rings. The van der Waals surface area contributed by atoms with Crippen molar-refractivity contribution in [2.45, 2.75) is 46.1 Å². The van der Waals surface area contributed by atoms with E-state index >= 15 is 0 Å². The third kappa shape index (κ3) is 4.45. The summed E-state index contributed by atoms with van der Waals surface area (Å²) in [5, 5.41) is 1.09. The van der Waals surface area contributed by atoms with Gasteiger partial charge < -0.3 is 14.4 Å². The van der Waals surface area contributed by atoms with Crippen LogP contribution in [-0.2, 0) is 11.2 Å². The first kappa shape index (κ1) is 18.5. The molecule has 0 spiro atoms. The van der Waals surface area contributed by atoms with Gasteiger partial charge in [0.25, 0.3) is 0 Å². The van der Waals surface area contributed by atoms with Crippen molar-refractivity contribution in [2.75, 3.05) is 19.7 Å². The summed E-state index contributed by atoms with van der Waals surface area (Å²) in [7, 11) is 0. The zero-order chi connectivity index (χ0) is 18.5. The summed E-state index contributed by atoms with van der Waals surface area (Å²) >= 11 is 0. The minimum atomic E-state index is -0.212. The number of para-hydroxylation sites is 1. The first-order chi connectivity index (χ1) is 12.6. The van der Waals surface area contributed by atoms with Gasteiger partial charge in [0.15, 0.2) is 0 Å². The lowest BCUT2D eigenvalue weighted by atomic mass is 10.1. The Bertz CT molecular complexity index is 752. The van der Waals surface area contributed by atoms with E-state index in [1.165, 1.54) is 0 Å². The maximum absolute atomic E-state index is 12.1. The van der Waals surface area contributed by atoms with Gasteiger partial charge >= 0.3 is 6.09 Å². The van der Waals surface area contributed by atoms with Crippen molar-refractivity contribution < 1.29 is 14.3 Å². The highest BCUT2D eigenvalue weighted by Crippen LogP contribution is 2.27. The number of benzene rings is 1. The van der Waals surface area contributed by atoms with Crippen LogP contribution in [0.2, 0.25) is 0 Å². The Balaban J connectivity index is 1.61. The predicted octanol–water partition coefficient (Wildman–Crippen LogP) is 4.43. The van der Waals surface area contributed by atoms with Crippen LogP contribution in [0, 0.1) is 5.92 Å². The number of amides is 1. The Kier molecular flexibility index (Phi) is 5.96. The van der Waals surface area contributed by atoms with Crippen molar-refractivity contribution in [2.24, 2.45) is 5.92 Å². The minimum absolute atomic E-state index is 0.0989. The second kappa shape index (κ2) is 8.39. The molecule has 1 saturated heterocycles. The quantitative estimate of drug-likeness (QED) is 0.795. The van der Waals surface area contributed by atoms with E-state index in [0.717, 1.165) is 41.6 Å². The smallest absolute Gasteiger partial charge is 0.409 e. The summed E-state index contributed by atoms with van der Waals surface area (Å²) in [6.45, 7) is 7.98. The van der Waals surface area contributed by atoms with Crippen molar-refractivity contribution in [3.63, 3.8) is 0 Å². The van der Waals surface area contributed by atoms with Gasteiger partial charge in [-0.25, -0.2) is 9.78 Å². The Labute approximate surface area is 155 Å². The molecule has 0 unspecified atom stereocenters. The van der Waals surface area contributed by atoms with Crippen molar-refractivity contribution in [3.05, 3.63) is 36.0 Å². The first-order valence-corrected chi connectivity index (χ1v) is 9.53. The van der Waals surface area contributed by atoms with Gasteiger partial charge in [0, 0.05) is 37.0 Å². The van der Waals surface area contributed by atoms with Gasteiger partial charge in [-0.05, 0) is 24.5 Å². The van der Waals surface area contributed by atoms with E-state index in [-0.39, 0.29) is 12.2 Å². The summed E-state index contributed by atoms with van der Waals surface area (Å²) < 4.78 is 11.6. The highest BCUT2D eigenvalue weighted by molar-refractivity contribution is 5.84. The molecule has 2 heterocycles.